The number of aromatic carboxylic acids is 1. The Morgan fingerprint density at radius 1 is 1.40 bits per heavy atom. The van der Waals surface area contributed by atoms with Crippen molar-refractivity contribution >= 4 is 21.7 Å². The fourth-order valence-corrected chi connectivity index (χ4v) is 1.48. The standard InChI is InChI=1S/C8H9NO4S.Na/c1-14(12,13)9-7-4-2-3-6(5-7)8(10)11;/h2-5,9H,1H3,(H,10,11);/q;+1/p-1. The molecule has 1 aromatic carbocycles. The maximum Gasteiger partial charge on any atom is 1.00 e. The van der Waals surface area contributed by atoms with E-state index in [2.05, 4.69) is 4.72 Å². The quantitative estimate of drug-likeness (QED) is 0.551. The molecule has 1 rings (SSSR count). The van der Waals surface area contributed by atoms with Crippen LogP contribution >= 0.6 is 0 Å². The van der Waals surface area contributed by atoms with Crippen molar-refractivity contribution in [3.05, 3.63) is 29.8 Å². The molecule has 7 heteroatoms. The molecular weight excluding hydrogens is 229 g/mol. The number of nitrogens with one attached hydrogen (secondary N) is 1. The molecule has 0 aliphatic rings. The number of benzene rings is 1. The molecule has 0 radical (unpaired) electrons. The van der Waals surface area contributed by atoms with E-state index < -0.39 is 16.0 Å². The molecule has 0 saturated heterocycles. The monoisotopic (exact) mass is 237 g/mol. The summed E-state index contributed by atoms with van der Waals surface area (Å²) in [4.78, 5) is 10.4. The second kappa shape index (κ2) is 5.50. The van der Waals surface area contributed by atoms with E-state index in [0.29, 0.717) is 0 Å². The second-order valence-electron chi connectivity index (χ2n) is 2.74. The predicted octanol–water partition coefficient (Wildman–Crippen LogP) is -3.57. The average molecular weight is 237 g/mol. The second-order valence-corrected chi connectivity index (χ2v) is 4.49. The van der Waals surface area contributed by atoms with Crippen LogP contribution < -0.4 is 39.4 Å². The first kappa shape index (κ1) is 14.4. The van der Waals surface area contributed by atoms with Crippen LogP contribution in [0, 0.1) is 0 Å². The minimum atomic E-state index is -3.38. The summed E-state index contributed by atoms with van der Waals surface area (Å²) in [6.07, 6.45) is 0.985. The van der Waals surface area contributed by atoms with Gasteiger partial charge in [-0.2, -0.15) is 0 Å². The molecule has 0 unspecified atom stereocenters. The van der Waals surface area contributed by atoms with Crippen molar-refractivity contribution < 1.29 is 47.9 Å². The number of carboxylic acid groups (broad SMARTS) is 1. The van der Waals surface area contributed by atoms with Gasteiger partial charge in [-0.05, 0) is 17.7 Å². The van der Waals surface area contributed by atoms with Gasteiger partial charge in [-0.3, -0.25) is 4.72 Å². The van der Waals surface area contributed by atoms with Crippen LogP contribution in [0.2, 0.25) is 0 Å². The number of carbonyl (C=O) groups excluding carboxylic acids is 1. The van der Waals surface area contributed by atoms with E-state index in [9.17, 15) is 18.3 Å². The van der Waals surface area contributed by atoms with E-state index >= 15 is 0 Å². The maximum atomic E-state index is 10.8. The molecule has 0 fully saturated rings. The van der Waals surface area contributed by atoms with Crippen molar-refractivity contribution in [2.24, 2.45) is 0 Å². The van der Waals surface area contributed by atoms with Crippen molar-refractivity contribution in [2.75, 3.05) is 11.0 Å². The number of carboxylic acids is 1. The van der Waals surface area contributed by atoms with Gasteiger partial charge < -0.3 is 9.90 Å². The van der Waals surface area contributed by atoms with Gasteiger partial charge in [0.2, 0.25) is 10.0 Å². The van der Waals surface area contributed by atoms with Crippen LogP contribution in [0.5, 0.6) is 0 Å². The molecule has 0 heterocycles. The van der Waals surface area contributed by atoms with Gasteiger partial charge in [0.25, 0.3) is 0 Å². The third-order valence-corrected chi connectivity index (χ3v) is 2.01. The minimum absolute atomic E-state index is 0. The van der Waals surface area contributed by atoms with Gasteiger partial charge in [0.15, 0.2) is 0 Å². The van der Waals surface area contributed by atoms with E-state index in [4.69, 9.17) is 0 Å². The van der Waals surface area contributed by atoms with Crippen molar-refractivity contribution in [1.82, 2.24) is 0 Å². The summed E-state index contributed by atoms with van der Waals surface area (Å²) in [6, 6.07) is 5.39. The van der Waals surface area contributed by atoms with E-state index in [1.807, 2.05) is 0 Å². The summed E-state index contributed by atoms with van der Waals surface area (Å²) in [7, 11) is -3.38. The maximum absolute atomic E-state index is 10.8. The molecule has 0 amide bonds. The number of anilines is 1. The topological polar surface area (TPSA) is 86.3 Å². The third-order valence-electron chi connectivity index (χ3n) is 1.40. The number of sulfonamides is 1. The first-order valence-corrected chi connectivity index (χ1v) is 5.57. The molecule has 1 aromatic rings. The zero-order chi connectivity index (χ0) is 10.8. The molecule has 76 valence electrons. The van der Waals surface area contributed by atoms with Crippen LogP contribution in [0.1, 0.15) is 10.4 Å². The van der Waals surface area contributed by atoms with Crippen LogP contribution in [0.15, 0.2) is 24.3 Å². The Labute approximate surface area is 110 Å². The van der Waals surface area contributed by atoms with Gasteiger partial charge in [0.05, 0.1) is 12.2 Å². The minimum Gasteiger partial charge on any atom is -0.545 e. The summed E-state index contributed by atoms with van der Waals surface area (Å²) < 4.78 is 23.8. The van der Waals surface area contributed by atoms with E-state index in [0.717, 1.165) is 6.26 Å². The Hall–Kier alpha value is -0.560. The van der Waals surface area contributed by atoms with Gasteiger partial charge in [0, 0.05) is 5.69 Å². The van der Waals surface area contributed by atoms with Crippen LogP contribution in [0.25, 0.3) is 0 Å². The van der Waals surface area contributed by atoms with Crippen LogP contribution in [-0.2, 0) is 10.0 Å². The average Bonchev–Trinajstić information content (AvgIpc) is 2.01. The third kappa shape index (κ3) is 5.17. The smallest absolute Gasteiger partial charge is 0.545 e. The first-order chi connectivity index (χ1) is 6.38. The van der Waals surface area contributed by atoms with Gasteiger partial charge in [-0.1, -0.05) is 12.1 Å². The number of hydrogen-bond acceptors (Lipinski definition) is 4. The Morgan fingerprint density at radius 3 is 2.47 bits per heavy atom. The van der Waals surface area contributed by atoms with E-state index in [1.165, 1.54) is 24.3 Å². The van der Waals surface area contributed by atoms with Crippen LogP contribution in [0.4, 0.5) is 5.69 Å². The molecule has 5 nitrogen and oxygen atoms in total. The van der Waals surface area contributed by atoms with Crippen LogP contribution in [-0.4, -0.2) is 20.6 Å². The van der Waals surface area contributed by atoms with Crippen molar-refractivity contribution in [2.45, 2.75) is 0 Å². The summed E-state index contributed by atoms with van der Waals surface area (Å²) in [5, 5.41) is 10.4. The molecule has 15 heavy (non-hydrogen) atoms. The molecule has 0 bridgehead atoms. The summed E-state index contributed by atoms with van der Waals surface area (Å²) in [5.74, 6) is -1.35. The van der Waals surface area contributed by atoms with E-state index in [-0.39, 0.29) is 40.8 Å². The molecule has 0 aromatic heterocycles. The van der Waals surface area contributed by atoms with Gasteiger partial charge in [-0.15, -0.1) is 0 Å². The summed E-state index contributed by atoms with van der Waals surface area (Å²) in [6.45, 7) is 0. The molecule has 0 saturated carbocycles. The van der Waals surface area contributed by atoms with Crippen molar-refractivity contribution in [3.63, 3.8) is 0 Å². The Bertz CT molecular complexity index is 457. The molecule has 0 aliphatic carbocycles. The predicted molar refractivity (Wildman–Crippen MR) is 49.2 cm³/mol. The first-order valence-electron chi connectivity index (χ1n) is 3.68. The van der Waals surface area contributed by atoms with Gasteiger partial charge >= 0.3 is 29.6 Å². The summed E-state index contributed by atoms with van der Waals surface area (Å²) >= 11 is 0. The molecule has 0 spiro atoms. The normalized spacial score (nSPS) is 10.2. The van der Waals surface area contributed by atoms with Gasteiger partial charge in [0.1, 0.15) is 0 Å². The zero-order valence-electron chi connectivity index (χ0n) is 8.35. The van der Waals surface area contributed by atoms with Crippen LogP contribution in [0.3, 0.4) is 0 Å². The fraction of sp³-hybridized carbons (Fsp3) is 0.125. The zero-order valence-corrected chi connectivity index (χ0v) is 11.2. The Balaban J connectivity index is 0.00000196. The molecule has 1 N–H and O–H groups in total. The Kier molecular flexibility index (Phi) is 5.30. The molecule has 0 aliphatic heterocycles. The van der Waals surface area contributed by atoms with Crippen molar-refractivity contribution in [3.8, 4) is 0 Å². The number of hydrogen-bond donors (Lipinski definition) is 1. The Morgan fingerprint density at radius 2 is 2.00 bits per heavy atom. The van der Waals surface area contributed by atoms with Gasteiger partial charge in [-0.25, -0.2) is 8.42 Å². The SMILES string of the molecule is CS(=O)(=O)Nc1cccc(C(=O)[O-])c1.[Na+]. The molecular formula is C8H8NNaO4S. The fourth-order valence-electron chi connectivity index (χ4n) is 0.924. The largest absolute Gasteiger partial charge is 1.00 e. The van der Waals surface area contributed by atoms with E-state index in [1.54, 1.807) is 0 Å². The number of carbonyl (C=O) groups is 1. The van der Waals surface area contributed by atoms with Crippen molar-refractivity contribution in [1.29, 1.82) is 0 Å². The summed E-state index contributed by atoms with van der Waals surface area (Å²) in [5.41, 5.74) is 0.132. The number of rotatable bonds is 3. The molecule has 0 atom stereocenters.